The average molecular weight is 257 g/mol. The second kappa shape index (κ2) is 5.02. The fraction of sp³-hybridized carbons (Fsp3) is 0.417. The molecule has 0 bridgehead atoms. The van der Waals surface area contributed by atoms with Gasteiger partial charge in [-0.25, -0.2) is 4.39 Å². The highest BCUT2D eigenvalue weighted by molar-refractivity contribution is 6.31. The minimum atomic E-state index is -0.509. The van der Waals surface area contributed by atoms with Gasteiger partial charge < -0.3 is 11.1 Å². The van der Waals surface area contributed by atoms with Crippen LogP contribution in [-0.4, -0.2) is 18.0 Å². The average Bonchev–Trinajstić information content (AvgIpc) is 2.62. The van der Waals surface area contributed by atoms with Crippen LogP contribution in [0.15, 0.2) is 18.2 Å². The molecule has 1 fully saturated rings. The van der Waals surface area contributed by atoms with Crippen molar-refractivity contribution in [3.8, 4) is 0 Å². The Balaban J connectivity index is 2.04. The molecule has 1 aliphatic rings. The lowest BCUT2D eigenvalue weighted by Crippen LogP contribution is -2.34. The van der Waals surface area contributed by atoms with Crippen LogP contribution in [0, 0.1) is 5.82 Å². The number of benzene rings is 1. The van der Waals surface area contributed by atoms with Crippen molar-refractivity contribution in [2.24, 2.45) is 5.73 Å². The number of nitrogens with two attached hydrogens (primary N) is 1. The SMILES string of the molecule is N[C@@H]1CC[C@@H](NC(=O)c2cc(F)cc(Cl)c2)C1. The first-order valence-corrected chi connectivity index (χ1v) is 5.95. The number of rotatable bonds is 2. The predicted molar refractivity (Wildman–Crippen MR) is 64.5 cm³/mol. The van der Waals surface area contributed by atoms with Gasteiger partial charge in [0.05, 0.1) is 0 Å². The predicted octanol–water partition coefficient (Wildman–Crippen LogP) is 2.09. The number of carbonyl (C=O) groups is 1. The van der Waals surface area contributed by atoms with Crippen LogP contribution < -0.4 is 11.1 Å². The van der Waals surface area contributed by atoms with Crippen LogP contribution in [-0.2, 0) is 0 Å². The van der Waals surface area contributed by atoms with Gasteiger partial charge in [0.2, 0.25) is 0 Å². The molecule has 1 amide bonds. The maximum absolute atomic E-state index is 13.1. The van der Waals surface area contributed by atoms with Crippen molar-refractivity contribution in [1.29, 1.82) is 0 Å². The number of nitrogens with one attached hydrogen (secondary N) is 1. The second-order valence-electron chi connectivity index (χ2n) is 4.40. The summed E-state index contributed by atoms with van der Waals surface area (Å²) in [5.74, 6) is -0.809. The Morgan fingerprint density at radius 3 is 2.76 bits per heavy atom. The molecular weight excluding hydrogens is 243 g/mol. The van der Waals surface area contributed by atoms with Crippen LogP contribution in [0.4, 0.5) is 4.39 Å². The van der Waals surface area contributed by atoms with Gasteiger partial charge in [0.25, 0.3) is 5.91 Å². The molecule has 0 radical (unpaired) electrons. The minimum Gasteiger partial charge on any atom is -0.349 e. The van der Waals surface area contributed by atoms with Gasteiger partial charge in [-0.2, -0.15) is 0 Å². The van der Waals surface area contributed by atoms with Crippen LogP contribution in [0.1, 0.15) is 29.6 Å². The zero-order valence-corrected chi connectivity index (χ0v) is 10.0. The highest BCUT2D eigenvalue weighted by Gasteiger charge is 2.23. The molecule has 2 atom stereocenters. The fourth-order valence-corrected chi connectivity index (χ4v) is 2.32. The first kappa shape index (κ1) is 12.3. The topological polar surface area (TPSA) is 55.1 Å². The van der Waals surface area contributed by atoms with Crippen molar-refractivity contribution in [3.63, 3.8) is 0 Å². The van der Waals surface area contributed by atoms with E-state index in [0.717, 1.165) is 19.3 Å². The third kappa shape index (κ3) is 3.17. The molecule has 0 spiro atoms. The standard InChI is InChI=1S/C12H14ClFN2O/c13-8-3-7(4-9(14)5-8)12(17)16-11-2-1-10(15)6-11/h3-5,10-11H,1-2,6,15H2,(H,16,17)/t10-,11-/m1/s1. The first-order chi connectivity index (χ1) is 8.04. The van der Waals surface area contributed by atoms with Gasteiger partial charge >= 0.3 is 0 Å². The molecule has 0 unspecified atom stereocenters. The highest BCUT2D eigenvalue weighted by atomic mass is 35.5. The van der Waals surface area contributed by atoms with Crippen molar-refractivity contribution >= 4 is 17.5 Å². The third-order valence-corrected chi connectivity index (χ3v) is 3.15. The molecule has 0 aromatic heterocycles. The number of amides is 1. The largest absolute Gasteiger partial charge is 0.349 e. The summed E-state index contributed by atoms with van der Waals surface area (Å²) in [6.45, 7) is 0. The third-order valence-electron chi connectivity index (χ3n) is 2.93. The first-order valence-electron chi connectivity index (χ1n) is 5.57. The summed E-state index contributed by atoms with van der Waals surface area (Å²) in [5.41, 5.74) is 6.00. The molecule has 5 heteroatoms. The van der Waals surface area contributed by atoms with Gasteiger partial charge in [0.15, 0.2) is 0 Å². The van der Waals surface area contributed by atoms with Gasteiger partial charge in [-0.15, -0.1) is 0 Å². The number of halogens is 2. The molecule has 0 saturated heterocycles. The normalized spacial score (nSPS) is 23.7. The Kier molecular flexibility index (Phi) is 3.64. The molecule has 1 aliphatic carbocycles. The molecule has 1 aromatic carbocycles. The Hall–Kier alpha value is -1.13. The minimum absolute atomic E-state index is 0.0829. The number of carbonyl (C=O) groups excluding carboxylic acids is 1. The molecule has 0 aliphatic heterocycles. The fourth-order valence-electron chi connectivity index (χ4n) is 2.10. The van der Waals surface area contributed by atoms with Gasteiger partial charge in [-0.05, 0) is 37.5 Å². The van der Waals surface area contributed by atoms with Gasteiger partial charge in [0, 0.05) is 22.7 Å². The van der Waals surface area contributed by atoms with Gasteiger partial charge in [0.1, 0.15) is 5.82 Å². The molecule has 17 heavy (non-hydrogen) atoms. The Morgan fingerprint density at radius 2 is 2.18 bits per heavy atom. The van der Waals surface area contributed by atoms with Crippen molar-refractivity contribution < 1.29 is 9.18 Å². The van der Waals surface area contributed by atoms with Gasteiger partial charge in [-0.1, -0.05) is 11.6 Å². The van der Waals surface area contributed by atoms with Crippen LogP contribution in [0.5, 0.6) is 0 Å². The molecule has 1 aromatic rings. The Labute approximate surface area is 104 Å². The summed E-state index contributed by atoms with van der Waals surface area (Å²) >= 11 is 5.69. The van der Waals surface area contributed by atoms with E-state index in [2.05, 4.69) is 5.32 Å². The van der Waals surface area contributed by atoms with Crippen molar-refractivity contribution in [3.05, 3.63) is 34.6 Å². The van der Waals surface area contributed by atoms with Crippen LogP contribution in [0.2, 0.25) is 5.02 Å². The monoisotopic (exact) mass is 256 g/mol. The molecule has 0 heterocycles. The zero-order chi connectivity index (χ0) is 12.4. The lowest BCUT2D eigenvalue weighted by Gasteiger charge is -2.12. The summed E-state index contributed by atoms with van der Waals surface area (Å²) < 4.78 is 13.1. The molecule has 3 N–H and O–H groups in total. The maximum Gasteiger partial charge on any atom is 0.251 e. The van der Waals surface area contributed by atoms with E-state index in [-0.39, 0.29) is 28.6 Å². The van der Waals surface area contributed by atoms with Crippen LogP contribution >= 0.6 is 11.6 Å². The van der Waals surface area contributed by atoms with E-state index in [1.807, 2.05) is 0 Å². The summed E-state index contributed by atoms with van der Waals surface area (Å²) in [4.78, 5) is 11.8. The van der Waals surface area contributed by atoms with E-state index in [1.165, 1.54) is 18.2 Å². The van der Waals surface area contributed by atoms with E-state index in [0.29, 0.717) is 0 Å². The number of hydrogen-bond donors (Lipinski definition) is 2. The van der Waals surface area contributed by atoms with E-state index in [1.54, 1.807) is 0 Å². The molecule has 2 rings (SSSR count). The highest BCUT2D eigenvalue weighted by Crippen LogP contribution is 2.19. The molecule has 92 valence electrons. The van der Waals surface area contributed by atoms with E-state index in [9.17, 15) is 9.18 Å². The summed E-state index contributed by atoms with van der Waals surface area (Å²) in [5, 5.41) is 3.06. The van der Waals surface area contributed by atoms with Crippen LogP contribution in [0.3, 0.4) is 0 Å². The lowest BCUT2D eigenvalue weighted by molar-refractivity contribution is 0.0937. The zero-order valence-electron chi connectivity index (χ0n) is 9.25. The Morgan fingerprint density at radius 1 is 1.41 bits per heavy atom. The lowest BCUT2D eigenvalue weighted by atomic mass is 10.1. The van der Waals surface area contributed by atoms with Crippen molar-refractivity contribution in [2.45, 2.75) is 31.3 Å². The van der Waals surface area contributed by atoms with Crippen LogP contribution in [0.25, 0.3) is 0 Å². The summed E-state index contributed by atoms with van der Waals surface area (Å²) in [6, 6.07) is 4.03. The molecular formula is C12H14ClFN2O. The smallest absolute Gasteiger partial charge is 0.251 e. The maximum atomic E-state index is 13.1. The van der Waals surface area contributed by atoms with E-state index < -0.39 is 5.82 Å². The summed E-state index contributed by atoms with van der Waals surface area (Å²) in [6.07, 6.45) is 2.56. The molecule has 3 nitrogen and oxygen atoms in total. The van der Waals surface area contributed by atoms with Gasteiger partial charge in [-0.3, -0.25) is 4.79 Å². The molecule has 1 saturated carbocycles. The summed E-state index contributed by atoms with van der Waals surface area (Å²) in [7, 11) is 0. The quantitative estimate of drug-likeness (QED) is 0.851. The van der Waals surface area contributed by atoms with Crippen molar-refractivity contribution in [2.75, 3.05) is 0 Å². The Bertz CT molecular complexity index is 418. The van der Waals surface area contributed by atoms with Crippen molar-refractivity contribution in [1.82, 2.24) is 5.32 Å². The van der Waals surface area contributed by atoms with E-state index in [4.69, 9.17) is 17.3 Å². The second-order valence-corrected chi connectivity index (χ2v) is 4.84. The number of hydrogen-bond acceptors (Lipinski definition) is 2. The van der Waals surface area contributed by atoms with E-state index >= 15 is 0 Å².